The van der Waals surface area contributed by atoms with Gasteiger partial charge in [0.05, 0.1) is 12.2 Å². The van der Waals surface area contributed by atoms with E-state index in [4.69, 9.17) is 9.84 Å². The second-order valence-corrected chi connectivity index (χ2v) is 2.78. The second kappa shape index (κ2) is 8.27. The van der Waals surface area contributed by atoms with Gasteiger partial charge in [0.25, 0.3) is 0 Å². The van der Waals surface area contributed by atoms with E-state index < -0.39 is 5.97 Å². The fourth-order valence-electron chi connectivity index (χ4n) is 0.544. The molecule has 0 aromatic rings. The van der Waals surface area contributed by atoms with Crippen molar-refractivity contribution in [3.05, 3.63) is 12.7 Å². The minimum Gasteiger partial charge on any atom is -0.478 e. The number of ether oxygens (including phenoxy) is 1. The molecule has 0 saturated carbocycles. The van der Waals surface area contributed by atoms with Crippen LogP contribution in [-0.2, 0) is 9.53 Å². The Bertz CT molecular complexity index is 122. The van der Waals surface area contributed by atoms with Gasteiger partial charge in [-0.2, -0.15) is 0 Å². The molecule has 0 aromatic heterocycles. The molecule has 3 heteroatoms. The number of hydrogen-bond donors (Lipinski definition) is 1. The maximum Gasteiger partial charge on any atom is 0.327 e. The van der Waals surface area contributed by atoms with E-state index in [-0.39, 0.29) is 0 Å². The van der Waals surface area contributed by atoms with Crippen LogP contribution in [0.4, 0.5) is 0 Å². The minimum absolute atomic E-state index is 0.375. The number of aliphatic carboxylic acids is 1. The Morgan fingerprint density at radius 2 is 1.58 bits per heavy atom. The summed E-state index contributed by atoms with van der Waals surface area (Å²) in [6, 6.07) is 0. The zero-order chi connectivity index (χ0) is 10.1. The monoisotopic (exact) mass is 174 g/mol. The Morgan fingerprint density at radius 1 is 1.33 bits per heavy atom. The lowest BCUT2D eigenvalue weighted by Crippen LogP contribution is -2.09. The molecule has 12 heavy (non-hydrogen) atoms. The number of carboxylic acids is 1. The van der Waals surface area contributed by atoms with Gasteiger partial charge in [-0.1, -0.05) is 6.58 Å². The molecule has 0 unspecified atom stereocenters. The largest absolute Gasteiger partial charge is 0.478 e. The molecule has 3 nitrogen and oxygen atoms in total. The van der Waals surface area contributed by atoms with Gasteiger partial charge in [0.15, 0.2) is 0 Å². The molecule has 0 aliphatic heterocycles. The van der Waals surface area contributed by atoms with Crippen LogP contribution in [0.2, 0.25) is 0 Å². The van der Waals surface area contributed by atoms with E-state index in [1.165, 1.54) is 0 Å². The smallest absolute Gasteiger partial charge is 0.327 e. The van der Waals surface area contributed by atoms with Crippen molar-refractivity contribution in [3.63, 3.8) is 0 Å². The van der Waals surface area contributed by atoms with E-state index in [0.29, 0.717) is 12.2 Å². The van der Waals surface area contributed by atoms with Gasteiger partial charge in [0.1, 0.15) is 0 Å². The van der Waals surface area contributed by atoms with Gasteiger partial charge in [-0.15, -0.1) is 0 Å². The molecule has 0 bridgehead atoms. The summed E-state index contributed by atoms with van der Waals surface area (Å²) in [6.07, 6.45) is 1.58. The molecule has 0 aliphatic carbocycles. The molecule has 0 fully saturated rings. The van der Waals surface area contributed by atoms with Gasteiger partial charge in [-0.05, 0) is 27.7 Å². The van der Waals surface area contributed by atoms with Crippen LogP contribution >= 0.6 is 0 Å². The van der Waals surface area contributed by atoms with Crippen molar-refractivity contribution < 1.29 is 14.6 Å². The molecule has 0 saturated heterocycles. The Morgan fingerprint density at radius 3 is 1.58 bits per heavy atom. The third kappa shape index (κ3) is 22.9. The van der Waals surface area contributed by atoms with Gasteiger partial charge in [-0.3, -0.25) is 0 Å². The highest BCUT2D eigenvalue weighted by molar-refractivity contribution is 5.78. The summed E-state index contributed by atoms with van der Waals surface area (Å²) in [5.41, 5.74) is 0. The maximum atomic E-state index is 9.25. The van der Waals surface area contributed by atoms with Gasteiger partial charge < -0.3 is 9.84 Å². The molecule has 0 rings (SSSR count). The first-order chi connectivity index (χ1) is 5.40. The van der Waals surface area contributed by atoms with Crippen LogP contribution in [0.1, 0.15) is 27.7 Å². The van der Waals surface area contributed by atoms with E-state index >= 15 is 0 Å². The van der Waals surface area contributed by atoms with Crippen molar-refractivity contribution in [2.45, 2.75) is 39.9 Å². The van der Waals surface area contributed by atoms with Gasteiger partial charge in [-0.25, -0.2) is 4.79 Å². The second-order valence-electron chi connectivity index (χ2n) is 2.78. The van der Waals surface area contributed by atoms with E-state index in [0.717, 1.165) is 6.08 Å². The highest BCUT2D eigenvalue weighted by Gasteiger charge is 1.94. The van der Waals surface area contributed by atoms with Gasteiger partial charge in [0.2, 0.25) is 0 Å². The first-order valence-electron chi connectivity index (χ1n) is 3.91. The van der Waals surface area contributed by atoms with Crippen molar-refractivity contribution in [2.75, 3.05) is 0 Å². The van der Waals surface area contributed by atoms with E-state index in [9.17, 15) is 4.79 Å². The van der Waals surface area contributed by atoms with Crippen molar-refractivity contribution in [2.24, 2.45) is 0 Å². The lowest BCUT2D eigenvalue weighted by molar-refractivity contribution is -0.131. The average molecular weight is 174 g/mol. The Labute approximate surface area is 74.0 Å². The fourth-order valence-corrected chi connectivity index (χ4v) is 0.544. The number of carbonyl (C=O) groups is 1. The summed E-state index contributed by atoms with van der Waals surface area (Å²) in [7, 11) is 0. The van der Waals surface area contributed by atoms with Crippen molar-refractivity contribution in [1.82, 2.24) is 0 Å². The van der Waals surface area contributed by atoms with Crippen LogP contribution in [0.25, 0.3) is 0 Å². The molecule has 0 aromatic carbocycles. The molecular formula is C9H18O3. The third-order valence-corrected chi connectivity index (χ3v) is 0.719. The van der Waals surface area contributed by atoms with Gasteiger partial charge in [0, 0.05) is 6.08 Å². The molecule has 1 N–H and O–H groups in total. The fraction of sp³-hybridized carbons (Fsp3) is 0.667. The van der Waals surface area contributed by atoms with Crippen LogP contribution < -0.4 is 0 Å². The Hall–Kier alpha value is -0.830. The highest BCUT2D eigenvalue weighted by atomic mass is 16.5. The topological polar surface area (TPSA) is 46.5 Å². The zero-order valence-corrected chi connectivity index (χ0v) is 8.20. The number of carboxylic acid groups (broad SMARTS) is 1. The summed E-state index contributed by atoms with van der Waals surface area (Å²) in [5, 5.41) is 7.60. The summed E-state index contributed by atoms with van der Waals surface area (Å²) in [5.74, 6) is -0.981. The lowest BCUT2D eigenvalue weighted by Gasteiger charge is -2.09. The molecule has 0 atom stereocenters. The van der Waals surface area contributed by atoms with E-state index in [2.05, 4.69) is 6.58 Å². The summed E-state index contributed by atoms with van der Waals surface area (Å²) < 4.78 is 5.25. The van der Waals surface area contributed by atoms with E-state index in [1.54, 1.807) is 0 Å². The van der Waals surface area contributed by atoms with E-state index in [1.807, 2.05) is 27.7 Å². The molecule has 0 spiro atoms. The molecule has 0 heterocycles. The summed E-state index contributed by atoms with van der Waals surface area (Å²) in [6.45, 7) is 11.1. The zero-order valence-electron chi connectivity index (χ0n) is 8.20. The number of rotatable bonds is 3. The summed E-state index contributed by atoms with van der Waals surface area (Å²) in [4.78, 5) is 9.25. The molecule has 0 aliphatic rings. The Balaban J connectivity index is 0. The van der Waals surface area contributed by atoms with Crippen LogP contribution in [-0.4, -0.2) is 23.3 Å². The summed E-state index contributed by atoms with van der Waals surface area (Å²) >= 11 is 0. The maximum absolute atomic E-state index is 9.25. The first-order valence-corrected chi connectivity index (χ1v) is 3.91. The molecule has 72 valence electrons. The number of hydrogen-bond acceptors (Lipinski definition) is 2. The predicted octanol–water partition coefficient (Wildman–Crippen LogP) is 2.08. The van der Waals surface area contributed by atoms with Crippen LogP contribution in [0.5, 0.6) is 0 Å². The quantitative estimate of drug-likeness (QED) is 0.666. The SMILES string of the molecule is C=CC(=O)O.CC(C)OC(C)C. The first kappa shape index (κ1) is 13.7. The highest BCUT2D eigenvalue weighted by Crippen LogP contribution is 1.93. The van der Waals surface area contributed by atoms with Crippen LogP contribution in [0.15, 0.2) is 12.7 Å². The van der Waals surface area contributed by atoms with Crippen molar-refractivity contribution >= 4 is 5.97 Å². The molecular weight excluding hydrogens is 156 g/mol. The molecule has 0 radical (unpaired) electrons. The third-order valence-electron chi connectivity index (χ3n) is 0.719. The van der Waals surface area contributed by atoms with Crippen molar-refractivity contribution in [3.8, 4) is 0 Å². The van der Waals surface area contributed by atoms with Crippen LogP contribution in [0.3, 0.4) is 0 Å². The predicted molar refractivity (Wildman–Crippen MR) is 49.2 cm³/mol. The average Bonchev–Trinajstić information content (AvgIpc) is 1.85. The van der Waals surface area contributed by atoms with Crippen LogP contribution in [0, 0.1) is 0 Å². The molecule has 0 amide bonds. The minimum atomic E-state index is -0.981. The van der Waals surface area contributed by atoms with Gasteiger partial charge >= 0.3 is 5.97 Å². The standard InChI is InChI=1S/C6H14O.C3H4O2/c1-5(2)7-6(3)4;1-2-3(4)5/h5-6H,1-4H3;2H,1H2,(H,4,5). The van der Waals surface area contributed by atoms with Crippen molar-refractivity contribution in [1.29, 1.82) is 0 Å². The Kier molecular flexibility index (Phi) is 9.47. The normalized spacial score (nSPS) is 9.17. The lowest BCUT2D eigenvalue weighted by atomic mass is 10.4.